The van der Waals surface area contributed by atoms with Gasteiger partial charge in [-0.15, -0.1) is 0 Å². The highest BCUT2D eigenvalue weighted by atomic mass is 16.4. The van der Waals surface area contributed by atoms with E-state index in [1.807, 2.05) is 30.3 Å². The van der Waals surface area contributed by atoms with Crippen LogP contribution in [0.25, 0.3) is 6.08 Å². The van der Waals surface area contributed by atoms with E-state index in [0.717, 1.165) is 18.7 Å². The molecule has 0 amide bonds. The summed E-state index contributed by atoms with van der Waals surface area (Å²) in [6.07, 6.45) is 2.68. The Kier molecular flexibility index (Phi) is 5.97. The van der Waals surface area contributed by atoms with Gasteiger partial charge in [-0.25, -0.2) is 0 Å². The topological polar surface area (TPSA) is 57.5 Å². The van der Waals surface area contributed by atoms with Crippen LogP contribution in [0.1, 0.15) is 12.5 Å². The van der Waals surface area contributed by atoms with Gasteiger partial charge in [0.15, 0.2) is 0 Å². The minimum atomic E-state index is -0.833. The van der Waals surface area contributed by atoms with Gasteiger partial charge in [0.2, 0.25) is 0 Å². The van der Waals surface area contributed by atoms with Gasteiger partial charge in [-0.05, 0) is 11.6 Å². The third kappa shape index (κ3) is 8.13. The van der Waals surface area contributed by atoms with Gasteiger partial charge in [0, 0.05) is 6.92 Å². The van der Waals surface area contributed by atoms with E-state index in [4.69, 9.17) is 15.0 Å². The van der Waals surface area contributed by atoms with Gasteiger partial charge in [0.05, 0.1) is 6.26 Å². The molecule has 3 heteroatoms. The number of rotatable bonds is 1. The molecule has 0 spiro atoms. The third-order valence-electron chi connectivity index (χ3n) is 1.07. The molecule has 0 radical (unpaired) electrons. The zero-order valence-electron chi connectivity index (χ0n) is 7.34. The fraction of sp³-hybridized carbons (Fsp3) is 0.100. The first-order valence-corrected chi connectivity index (χ1v) is 3.72. The van der Waals surface area contributed by atoms with Crippen molar-refractivity contribution in [3.63, 3.8) is 0 Å². The standard InChI is InChI=1S/C8H8O.C2H4O2/c9-7-6-8-4-2-1-3-5-8;1-2(3)4/h1-7,9H;1H3,(H,3,4). The molecule has 0 aliphatic carbocycles. The van der Waals surface area contributed by atoms with Crippen LogP contribution in [-0.2, 0) is 4.79 Å². The van der Waals surface area contributed by atoms with Crippen LogP contribution in [0.5, 0.6) is 0 Å². The number of hydrogen-bond acceptors (Lipinski definition) is 2. The first-order valence-electron chi connectivity index (χ1n) is 3.72. The summed E-state index contributed by atoms with van der Waals surface area (Å²) in [5, 5.41) is 15.8. The lowest BCUT2D eigenvalue weighted by Gasteiger charge is -1.86. The molecule has 0 aliphatic rings. The normalized spacial score (nSPS) is 9.00. The predicted octanol–water partition coefficient (Wildman–Crippen LogP) is 2.31. The number of carboxylic acids is 1. The molecule has 3 nitrogen and oxygen atoms in total. The molecule has 70 valence electrons. The lowest BCUT2D eigenvalue weighted by molar-refractivity contribution is -0.134. The monoisotopic (exact) mass is 180 g/mol. The molecular weight excluding hydrogens is 168 g/mol. The molecule has 1 aromatic rings. The maximum Gasteiger partial charge on any atom is 0.300 e. The van der Waals surface area contributed by atoms with E-state index in [1.54, 1.807) is 6.08 Å². The van der Waals surface area contributed by atoms with Gasteiger partial charge < -0.3 is 10.2 Å². The summed E-state index contributed by atoms with van der Waals surface area (Å²) in [6.45, 7) is 1.08. The maximum atomic E-state index is 9.00. The van der Waals surface area contributed by atoms with Crippen molar-refractivity contribution in [3.05, 3.63) is 42.2 Å². The summed E-state index contributed by atoms with van der Waals surface area (Å²) in [7, 11) is 0. The van der Waals surface area contributed by atoms with Crippen molar-refractivity contribution in [2.45, 2.75) is 6.92 Å². The van der Waals surface area contributed by atoms with E-state index in [-0.39, 0.29) is 0 Å². The highest BCUT2D eigenvalue weighted by Crippen LogP contribution is 1.98. The largest absolute Gasteiger partial charge is 0.516 e. The lowest BCUT2D eigenvalue weighted by Crippen LogP contribution is -1.78. The maximum absolute atomic E-state index is 9.00. The van der Waals surface area contributed by atoms with Crippen molar-refractivity contribution in [2.75, 3.05) is 0 Å². The highest BCUT2D eigenvalue weighted by molar-refractivity contribution is 5.62. The molecule has 0 saturated carbocycles. The van der Waals surface area contributed by atoms with Crippen LogP contribution in [0.15, 0.2) is 36.6 Å². The van der Waals surface area contributed by atoms with Crippen molar-refractivity contribution in [2.24, 2.45) is 0 Å². The van der Waals surface area contributed by atoms with Crippen LogP contribution in [0.4, 0.5) is 0 Å². The molecule has 13 heavy (non-hydrogen) atoms. The van der Waals surface area contributed by atoms with E-state index in [1.165, 1.54) is 0 Å². The Hall–Kier alpha value is -1.77. The molecule has 0 aliphatic heterocycles. The Morgan fingerprint density at radius 3 is 2.15 bits per heavy atom. The minimum absolute atomic E-state index is 0.833. The van der Waals surface area contributed by atoms with Gasteiger partial charge in [0.25, 0.3) is 5.97 Å². The third-order valence-corrected chi connectivity index (χ3v) is 1.07. The number of benzene rings is 1. The summed E-state index contributed by atoms with van der Waals surface area (Å²) in [5.41, 5.74) is 1.01. The summed E-state index contributed by atoms with van der Waals surface area (Å²) < 4.78 is 0. The van der Waals surface area contributed by atoms with Gasteiger partial charge in [-0.3, -0.25) is 4.79 Å². The molecule has 0 unspecified atom stereocenters. The van der Waals surface area contributed by atoms with Crippen molar-refractivity contribution < 1.29 is 15.0 Å². The Bertz CT molecular complexity index is 261. The van der Waals surface area contributed by atoms with Gasteiger partial charge in [-0.1, -0.05) is 30.3 Å². The fourth-order valence-corrected chi connectivity index (χ4v) is 0.650. The Balaban J connectivity index is 0.000000310. The SMILES string of the molecule is CC(=O)O.OC=Cc1ccccc1. The number of aliphatic hydroxyl groups is 1. The second-order valence-corrected chi connectivity index (χ2v) is 2.25. The molecule has 0 saturated heterocycles. The summed E-state index contributed by atoms with van der Waals surface area (Å²) in [5.74, 6) is -0.833. The second-order valence-electron chi connectivity index (χ2n) is 2.25. The second kappa shape index (κ2) is 6.91. The smallest absolute Gasteiger partial charge is 0.300 e. The van der Waals surface area contributed by atoms with E-state index < -0.39 is 5.97 Å². The van der Waals surface area contributed by atoms with Crippen LogP contribution >= 0.6 is 0 Å². The van der Waals surface area contributed by atoms with Crippen molar-refractivity contribution in [1.82, 2.24) is 0 Å². The average Bonchev–Trinajstić information content (AvgIpc) is 2.06. The van der Waals surface area contributed by atoms with Gasteiger partial charge in [-0.2, -0.15) is 0 Å². The van der Waals surface area contributed by atoms with E-state index in [2.05, 4.69) is 0 Å². The summed E-state index contributed by atoms with van der Waals surface area (Å²) in [4.78, 5) is 9.00. The first-order chi connectivity index (χ1) is 6.16. The number of aliphatic carboxylic acids is 1. The van der Waals surface area contributed by atoms with Crippen molar-refractivity contribution in [1.29, 1.82) is 0 Å². The van der Waals surface area contributed by atoms with Gasteiger partial charge >= 0.3 is 0 Å². The lowest BCUT2D eigenvalue weighted by atomic mass is 10.2. The molecule has 0 aromatic heterocycles. The number of aliphatic hydroxyl groups excluding tert-OH is 1. The van der Waals surface area contributed by atoms with Crippen LogP contribution in [0.3, 0.4) is 0 Å². The fourth-order valence-electron chi connectivity index (χ4n) is 0.650. The van der Waals surface area contributed by atoms with Crippen LogP contribution in [0.2, 0.25) is 0 Å². The van der Waals surface area contributed by atoms with E-state index in [0.29, 0.717) is 0 Å². The molecule has 0 fully saturated rings. The predicted molar refractivity (Wildman–Crippen MR) is 51.4 cm³/mol. The number of hydrogen-bond donors (Lipinski definition) is 2. The number of carbonyl (C=O) groups is 1. The first kappa shape index (κ1) is 11.2. The van der Waals surface area contributed by atoms with Crippen molar-refractivity contribution in [3.8, 4) is 0 Å². The number of carboxylic acid groups (broad SMARTS) is 1. The molecule has 2 N–H and O–H groups in total. The van der Waals surface area contributed by atoms with E-state index in [9.17, 15) is 0 Å². The summed E-state index contributed by atoms with van der Waals surface area (Å²) >= 11 is 0. The average molecular weight is 180 g/mol. The zero-order chi connectivity index (χ0) is 10.1. The Morgan fingerprint density at radius 1 is 1.31 bits per heavy atom. The minimum Gasteiger partial charge on any atom is -0.516 e. The van der Waals surface area contributed by atoms with E-state index >= 15 is 0 Å². The van der Waals surface area contributed by atoms with Crippen molar-refractivity contribution >= 4 is 12.0 Å². The Morgan fingerprint density at radius 2 is 1.77 bits per heavy atom. The molecular formula is C10H12O3. The Labute approximate surface area is 77.0 Å². The molecule has 1 rings (SSSR count). The molecule has 0 atom stereocenters. The molecule has 1 aromatic carbocycles. The molecule has 0 heterocycles. The van der Waals surface area contributed by atoms with Crippen LogP contribution in [0, 0.1) is 0 Å². The zero-order valence-corrected chi connectivity index (χ0v) is 7.34. The van der Waals surface area contributed by atoms with Gasteiger partial charge in [0.1, 0.15) is 0 Å². The summed E-state index contributed by atoms with van der Waals surface area (Å²) in [6, 6.07) is 9.64. The molecule has 0 bridgehead atoms. The highest BCUT2D eigenvalue weighted by Gasteiger charge is 1.78. The van der Waals surface area contributed by atoms with Crippen LogP contribution in [-0.4, -0.2) is 16.2 Å². The quantitative estimate of drug-likeness (QED) is 0.652. The van der Waals surface area contributed by atoms with Crippen LogP contribution < -0.4 is 0 Å².